The number of hydrogen-bond donors (Lipinski definition) is 1. The van der Waals surface area contributed by atoms with E-state index < -0.39 is 0 Å². The van der Waals surface area contributed by atoms with Gasteiger partial charge >= 0.3 is 0 Å². The van der Waals surface area contributed by atoms with Crippen LogP contribution in [0.1, 0.15) is 16.7 Å². The van der Waals surface area contributed by atoms with Crippen LogP contribution in [0.25, 0.3) is 17.3 Å². The Hall–Kier alpha value is -3.19. The fourth-order valence-corrected chi connectivity index (χ4v) is 3.83. The van der Waals surface area contributed by atoms with E-state index in [-0.39, 0.29) is 5.91 Å². The Balaban J connectivity index is 1.65. The molecule has 3 aromatic rings. The van der Waals surface area contributed by atoms with Gasteiger partial charge in [0.15, 0.2) is 5.17 Å². The van der Waals surface area contributed by atoms with Crippen molar-refractivity contribution in [3.8, 4) is 11.3 Å². The van der Waals surface area contributed by atoms with E-state index in [1.165, 1.54) is 17.3 Å². The quantitative estimate of drug-likeness (QED) is 0.688. The minimum atomic E-state index is -0.155. The molecule has 0 unspecified atom stereocenters. The first-order chi connectivity index (χ1) is 13.5. The van der Waals surface area contributed by atoms with Gasteiger partial charge in [-0.3, -0.25) is 14.5 Å². The van der Waals surface area contributed by atoms with Crippen LogP contribution in [0.5, 0.6) is 0 Å². The molecular formula is C21H19N5OS. The molecule has 6 nitrogen and oxygen atoms in total. The van der Waals surface area contributed by atoms with Gasteiger partial charge in [-0.1, -0.05) is 17.7 Å². The molecule has 2 aromatic heterocycles. The Labute approximate surface area is 167 Å². The van der Waals surface area contributed by atoms with Crippen LogP contribution < -0.4 is 5.32 Å². The van der Waals surface area contributed by atoms with Gasteiger partial charge in [0.2, 0.25) is 0 Å². The first kappa shape index (κ1) is 18.2. The molecule has 0 atom stereocenters. The zero-order valence-electron chi connectivity index (χ0n) is 15.8. The monoisotopic (exact) mass is 389 g/mol. The summed E-state index contributed by atoms with van der Waals surface area (Å²) in [5.74, 6) is -0.155. The number of pyridine rings is 1. The largest absolute Gasteiger partial charge is 0.300 e. The van der Waals surface area contributed by atoms with E-state index in [0.29, 0.717) is 10.1 Å². The maximum atomic E-state index is 12.5. The number of rotatable bonds is 3. The summed E-state index contributed by atoms with van der Waals surface area (Å²) in [4.78, 5) is 21.7. The number of amidine groups is 1. The highest BCUT2D eigenvalue weighted by atomic mass is 32.2. The van der Waals surface area contributed by atoms with E-state index in [9.17, 15) is 4.79 Å². The van der Waals surface area contributed by atoms with Gasteiger partial charge in [-0.05, 0) is 55.4 Å². The summed E-state index contributed by atoms with van der Waals surface area (Å²) in [5, 5.41) is 7.96. The van der Waals surface area contributed by atoms with Crippen LogP contribution in [-0.2, 0) is 11.8 Å². The molecule has 1 aromatic carbocycles. The Kier molecular flexibility index (Phi) is 4.83. The minimum Gasteiger partial charge on any atom is -0.300 e. The minimum absolute atomic E-state index is 0.155. The zero-order valence-corrected chi connectivity index (χ0v) is 16.6. The number of benzene rings is 1. The standard InChI is InChI=1S/C21H19N5OS/c1-13-4-5-17(14(2)10-13)23-21-24-20(27)18(28-21)11-16-12-26(3)25-19(16)15-6-8-22-9-7-15/h4-12H,1-3H3,(H,23,24,27). The number of nitrogens with one attached hydrogen (secondary N) is 1. The molecule has 0 radical (unpaired) electrons. The molecule has 0 saturated carbocycles. The number of carbonyl (C=O) groups excluding carboxylic acids is 1. The van der Waals surface area contributed by atoms with Gasteiger partial charge < -0.3 is 5.32 Å². The van der Waals surface area contributed by atoms with Crippen molar-refractivity contribution in [1.82, 2.24) is 20.1 Å². The smallest absolute Gasteiger partial charge is 0.264 e. The second-order valence-corrected chi connectivity index (χ2v) is 7.64. The number of hydrogen-bond acceptors (Lipinski definition) is 5. The topological polar surface area (TPSA) is 72.2 Å². The number of thioether (sulfide) groups is 1. The van der Waals surface area contributed by atoms with Crippen molar-refractivity contribution in [1.29, 1.82) is 0 Å². The molecule has 1 aliphatic heterocycles. The first-order valence-corrected chi connectivity index (χ1v) is 9.62. The van der Waals surface area contributed by atoms with Gasteiger partial charge in [0.25, 0.3) is 5.91 Å². The molecule has 1 amide bonds. The summed E-state index contributed by atoms with van der Waals surface area (Å²) in [5.41, 5.74) is 5.76. The summed E-state index contributed by atoms with van der Waals surface area (Å²) in [6.07, 6.45) is 7.21. The molecule has 1 fully saturated rings. The summed E-state index contributed by atoms with van der Waals surface area (Å²) in [7, 11) is 1.86. The third-order valence-electron chi connectivity index (χ3n) is 4.32. The van der Waals surface area contributed by atoms with Crippen molar-refractivity contribution < 1.29 is 4.79 Å². The van der Waals surface area contributed by atoms with E-state index in [2.05, 4.69) is 26.5 Å². The number of aliphatic imine (C=N–C) groups is 1. The Morgan fingerprint density at radius 1 is 1.18 bits per heavy atom. The van der Waals surface area contributed by atoms with Crippen molar-refractivity contribution >= 4 is 34.6 Å². The average molecular weight is 389 g/mol. The molecule has 1 aliphatic rings. The molecule has 0 bridgehead atoms. The predicted octanol–water partition coefficient (Wildman–Crippen LogP) is 3.99. The lowest BCUT2D eigenvalue weighted by molar-refractivity contribution is -0.115. The third-order valence-corrected chi connectivity index (χ3v) is 5.23. The maximum Gasteiger partial charge on any atom is 0.264 e. The van der Waals surface area contributed by atoms with Gasteiger partial charge in [-0.2, -0.15) is 5.10 Å². The van der Waals surface area contributed by atoms with E-state index in [4.69, 9.17) is 0 Å². The highest BCUT2D eigenvalue weighted by Crippen LogP contribution is 2.31. The lowest BCUT2D eigenvalue weighted by Crippen LogP contribution is -2.19. The van der Waals surface area contributed by atoms with E-state index in [1.54, 1.807) is 17.1 Å². The van der Waals surface area contributed by atoms with Gasteiger partial charge in [-0.15, -0.1) is 0 Å². The normalized spacial score (nSPS) is 16.8. The highest BCUT2D eigenvalue weighted by molar-refractivity contribution is 8.18. The molecule has 4 rings (SSSR count). The molecular weight excluding hydrogens is 370 g/mol. The van der Waals surface area contributed by atoms with Gasteiger partial charge in [-0.25, -0.2) is 4.99 Å². The third kappa shape index (κ3) is 3.75. The van der Waals surface area contributed by atoms with Crippen molar-refractivity contribution in [3.63, 3.8) is 0 Å². The molecule has 0 spiro atoms. The summed E-state index contributed by atoms with van der Waals surface area (Å²) in [6, 6.07) is 9.86. The number of amides is 1. The van der Waals surface area contributed by atoms with Crippen molar-refractivity contribution in [2.24, 2.45) is 12.0 Å². The van der Waals surface area contributed by atoms with Crippen LogP contribution in [0.15, 0.2) is 58.8 Å². The van der Waals surface area contributed by atoms with Crippen LogP contribution >= 0.6 is 11.8 Å². The number of aryl methyl sites for hydroxylation is 3. The van der Waals surface area contributed by atoms with Crippen LogP contribution in [-0.4, -0.2) is 25.8 Å². The van der Waals surface area contributed by atoms with E-state index >= 15 is 0 Å². The van der Waals surface area contributed by atoms with Crippen molar-refractivity contribution in [3.05, 3.63) is 70.5 Å². The summed E-state index contributed by atoms with van der Waals surface area (Å²) in [6.45, 7) is 4.06. The number of carbonyl (C=O) groups is 1. The average Bonchev–Trinajstić information content (AvgIpc) is 3.20. The van der Waals surface area contributed by atoms with Gasteiger partial charge in [0.1, 0.15) is 0 Å². The Morgan fingerprint density at radius 3 is 2.71 bits per heavy atom. The molecule has 1 saturated heterocycles. The molecule has 28 heavy (non-hydrogen) atoms. The van der Waals surface area contributed by atoms with Crippen molar-refractivity contribution in [2.45, 2.75) is 13.8 Å². The second kappa shape index (κ2) is 7.44. The fourth-order valence-electron chi connectivity index (χ4n) is 3.01. The fraction of sp³-hybridized carbons (Fsp3) is 0.143. The van der Waals surface area contributed by atoms with Gasteiger partial charge in [0, 0.05) is 36.8 Å². The maximum absolute atomic E-state index is 12.5. The summed E-state index contributed by atoms with van der Waals surface area (Å²) < 4.78 is 1.74. The molecule has 0 aliphatic carbocycles. The highest BCUT2D eigenvalue weighted by Gasteiger charge is 2.25. The Bertz CT molecular complexity index is 1120. The van der Waals surface area contributed by atoms with Crippen molar-refractivity contribution in [2.75, 3.05) is 0 Å². The number of aromatic nitrogens is 3. The van der Waals surface area contributed by atoms with Crippen LogP contribution in [0.3, 0.4) is 0 Å². The second-order valence-electron chi connectivity index (χ2n) is 6.61. The Morgan fingerprint density at radius 2 is 1.96 bits per heavy atom. The predicted molar refractivity (Wildman–Crippen MR) is 113 cm³/mol. The zero-order chi connectivity index (χ0) is 19.7. The molecule has 140 valence electrons. The molecule has 7 heteroatoms. The van der Waals surface area contributed by atoms with Crippen LogP contribution in [0.2, 0.25) is 0 Å². The lowest BCUT2D eigenvalue weighted by Gasteiger charge is -2.02. The van der Waals surface area contributed by atoms with Gasteiger partial charge in [0.05, 0.1) is 16.3 Å². The number of nitrogens with zero attached hydrogens (tertiary/aromatic N) is 4. The van der Waals surface area contributed by atoms with E-state index in [1.807, 2.05) is 57.4 Å². The lowest BCUT2D eigenvalue weighted by atomic mass is 10.1. The first-order valence-electron chi connectivity index (χ1n) is 8.80. The molecule has 1 N–H and O–H groups in total. The summed E-state index contributed by atoms with van der Waals surface area (Å²) >= 11 is 1.34. The molecule has 3 heterocycles. The SMILES string of the molecule is Cc1ccc(N=C2NC(=O)C(=Cc3cn(C)nc3-c3ccncc3)S2)c(C)c1. The van der Waals surface area contributed by atoms with E-state index in [0.717, 1.165) is 28.1 Å². The van der Waals surface area contributed by atoms with Crippen LogP contribution in [0.4, 0.5) is 5.69 Å². The van der Waals surface area contributed by atoms with Crippen LogP contribution in [0, 0.1) is 13.8 Å².